The van der Waals surface area contributed by atoms with Gasteiger partial charge in [-0.3, -0.25) is 14.9 Å². The Morgan fingerprint density at radius 2 is 1.91 bits per heavy atom. The summed E-state index contributed by atoms with van der Waals surface area (Å²) in [7, 11) is 1.41. The number of anilines is 1. The van der Waals surface area contributed by atoms with E-state index >= 15 is 0 Å². The van der Waals surface area contributed by atoms with Gasteiger partial charge in [0.25, 0.3) is 5.91 Å². The maximum Gasteiger partial charge on any atom is 0.314 e. The average Bonchev–Trinajstić information content (AvgIpc) is 2.55. The number of nitro groups is 1. The number of ether oxygens (including phenoxy) is 2. The van der Waals surface area contributed by atoms with Gasteiger partial charge in [0.05, 0.1) is 18.1 Å². The van der Waals surface area contributed by atoms with Gasteiger partial charge in [0, 0.05) is 5.69 Å². The molecule has 0 bridgehead atoms. The van der Waals surface area contributed by atoms with Gasteiger partial charge in [0.2, 0.25) is 0 Å². The molecule has 7 nitrogen and oxygen atoms in total. The second kappa shape index (κ2) is 7.26. The Morgan fingerprint density at radius 1 is 1.22 bits per heavy atom. The molecule has 2 aromatic rings. The van der Waals surface area contributed by atoms with E-state index in [0.29, 0.717) is 11.4 Å². The van der Waals surface area contributed by atoms with Crippen LogP contribution in [0.2, 0.25) is 0 Å². The highest BCUT2D eigenvalue weighted by Crippen LogP contribution is 2.31. The van der Waals surface area contributed by atoms with Crippen molar-refractivity contribution < 1.29 is 19.2 Å². The van der Waals surface area contributed by atoms with Crippen LogP contribution < -0.4 is 14.8 Å². The first-order chi connectivity index (χ1) is 11.0. The van der Waals surface area contributed by atoms with Gasteiger partial charge in [-0.05, 0) is 31.2 Å². The van der Waals surface area contributed by atoms with Gasteiger partial charge in [-0.1, -0.05) is 18.2 Å². The molecule has 0 fully saturated rings. The smallest absolute Gasteiger partial charge is 0.314 e. The van der Waals surface area contributed by atoms with E-state index < -0.39 is 16.9 Å². The van der Waals surface area contributed by atoms with Crippen LogP contribution >= 0.6 is 0 Å². The molecule has 0 heterocycles. The van der Waals surface area contributed by atoms with Crippen LogP contribution in [0.15, 0.2) is 48.5 Å². The highest BCUT2D eigenvalue weighted by Gasteiger charge is 2.22. The minimum absolute atomic E-state index is 0.00603. The van der Waals surface area contributed by atoms with Crippen molar-refractivity contribution in [1.29, 1.82) is 0 Å². The van der Waals surface area contributed by atoms with Crippen molar-refractivity contribution >= 4 is 17.3 Å². The Kier molecular flexibility index (Phi) is 5.14. The van der Waals surface area contributed by atoms with E-state index in [9.17, 15) is 14.9 Å². The van der Waals surface area contributed by atoms with Crippen LogP contribution in [-0.4, -0.2) is 24.0 Å². The lowest BCUT2D eigenvalue weighted by Gasteiger charge is -2.15. The number of nitrogens with zero attached hydrogens (tertiary/aromatic N) is 1. The van der Waals surface area contributed by atoms with Gasteiger partial charge >= 0.3 is 5.69 Å². The molecule has 0 saturated carbocycles. The van der Waals surface area contributed by atoms with Gasteiger partial charge in [-0.2, -0.15) is 0 Å². The van der Waals surface area contributed by atoms with Crippen LogP contribution in [0, 0.1) is 10.1 Å². The summed E-state index contributed by atoms with van der Waals surface area (Å²) in [6, 6.07) is 13.1. The van der Waals surface area contributed by atoms with Crippen molar-refractivity contribution in [3.05, 3.63) is 58.6 Å². The van der Waals surface area contributed by atoms with Crippen LogP contribution in [0.3, 0.4) is 0 Å². The first kappa shape index (κ1) is 16.3. The number of benzene rings is 2. The first-order valence-corrected chi connectivity index (χ1v) is 6.86. The molecular weight excluding hydrogens is 300 g/mol. The summed E-state index contributed by atoms with van der Waals surface area (Å²) < 4.78 is 10.4. The number of rotatable bonds is 6. The fraction of sp³-hybridized carbons (Fsp3) is 0.188. The zero-order valence-corrected chi connectivity index (χ0v) is 12.7. The number of carbonyl (C=O) groups is 1. The molecule has 1 amide bonds. The van der Waals surface area contributed by atoms with Crippen molar-refractivity contribution in [2.24, 2.45) is 0 Å². The molecule has 0 aliphatic carbocycles. The third-order valence-electron chi connectivity index (χ3n) is 3.08. The molecule has 0 aromatic heterocycles. The summed E-state index contributed by atoms with van der Waals surface area (Å²) in [4.78, 5) is 22.6. The Labute approximate surface area is 133 Å². The third-order valence-corrected chi connectivity index (χ3v) is 3.08. The molecule has 1 unspecified atom stereocenters. The standard InChI is InChI=1S/C16H16N2O5/c1-11(16(19)17-12-6-4-3-5-7-12)23-15-9-8-13(22-2)10-14(15)18(20)21/h3-11H,1-2H3,(H,17,19). The van der Waals surface area contributed by atoms with Crippen LogP contribution in [-0.2, 0) is 4.79 Å². The van der Waals surface area contributed by atoms with E-state index in [1.807, 2.05) is 6.07 Å². The predicted octanol–water partition coefficient (Wildman–Crippen LogP) is 3.01. The SMILES string of the molecule is COc1ccc(OC(C)C(=O)Nc2ccccc2)c([N+](=O)[O-])c1. The minimum atomic E-state index is -0.901. The van der Waals surface area contributed by atoms with Gasteiger partial charge in [0.1, 0.15) is 5.75 Å². The highest BCUT2D eigenvalue weighted by atomic mass is 16.6. The molecule has 0 aliphatic heterocycles. The quantitative estimate of drug-likeness (QED) is 0.653. The summed E-state index contributed by atoms with van der Waals surface area (Å²) in [5.41, 5.74) is 0.362. The monoisotopic (exact) mass is 316 g/mol. The third kappa shape index (κ3) is 4.19. The van der Waals surface area contributed by atoms with Crippen LogP contribution in [0.5, 0.6) is 11.5 Å². The minimum Gasteiger partial charge on any atom is -0.496 e. The normalized spacial score (nSPS) is 11.4. The summed E-state index contributed by atoms with van der Waals surface area (Å²) in [6.45, 7) is 1.52. The molecule has 7 heteroatoms. The van der Waals surface area contributed by atoms with Crippen molar-refractivity contribution in [1.82, 2.24) is 0 Å². The number of amides is 1. The van der Waals surface area contributed by atoms with E-state index in [2.05, 4.69) is 5.32 Å². The summed E-state index contributed by atoms with van der Waals surface area (Å²) in [6.07, 6.45) is -0.901. The molecule has 0 saturated heterocycles. The number of hydrogen-bond donors (Lipinski definition) is 1. The molecular formula is C16H16N2O5. The largest absolute Gasteiger partial charge is 0.496 e. The number of para-hydroxylation sites is 1. The topological polar surface area (TPSA) is 90.7 Å². The van der Waals surface area contributed by atoms with Gasteiger partial charge in [-0.15, -0.1) is 0 Å². The first-order valence-electron chi connectivity index (χ1n) is 6.86. The van der Waals surface area contributed by atoms with E-state index in [4.69, 9.17) is 9.47 Å². The van der Waals surface area contributed by atoms with Crippen LogP contribution in [0.4, 0.5) is 11.4 Å². The Balaban J connectivity index is 2.11. The van der Waals surface area contributed by atoms with E-state index in [1.165, 1.54) is 32.2 Å². The zero-order valence-electron chi connectivity index (χ0n) is 12.7. The Bertz CT molecular complexity index is 703. The fourth-order valence-electron chi connectivity index (χ4n) is 1.88. The summed E-state index contributed by atoms with van der Waals surface area (Å²) >= 11 is 0. The van der Waals surface area contributed by atoms with E-state index in [-0.39, 0.29) is 11.4 Å². The Morgan fingerprint density at radius 3 is 2.52 bits per heavy atom. The Hall–Kier alpha value is -3.09. The van der Waals surface area contributed by atoms with E-state index in [1.54, 1.807) is 24.3 Å². The molecule has 2 rings (SSSR count). The van der Waals surface area contributed by atoms with Gasteiger partial charge in [0.15, 0.2) is 11.9 Å². The second-order valence-electron chi connectivity index (χ2n) is 4.71. The van der Waals surface area contributed by atoms with Gasteiger partial charge < -0.3 is 14.8 Å². The fourth-order valence-corrected chi connectivity index (χ4v) is 1.88. The lowest BCUT2D eigenvalue weighted by molar-refractivity contribution is -0.386. The molecule has 0 spiro atoms. The van der Waals surface area contributed by atoms with E-state index in [0.717, 1.165) is 0 Å². The van der Waals surface area contributed by atoms with Crippen LogP contribution in [0.25, 0.3) is 0 Å². The summed E-state index contributed by atoms with van der Waals surface area (Å²) in [5.74, 6) is -0.0572. The van der Waals surface area contributed by atoms with Crippen molar-refractivity contribution in [3.63, 3.8) is 0 Å². The number of methoxy groups -OCH3 is 1. The number of nitro benzene ring substituents is 1. The molecule has 23 heavy (non-hydrogen) atoms. The average molecular weight is 316 g/mol. The second-order valence-corrected chi connectivity index (χ2v) is 4.71. The molecule has 1 N–H and O–H groups in total. The van der Waals surface area contributed by atoms with Crippen LogP contribution in [0.1, 0.15) is 6.92 Å². The number of carbonyl (C=O) groups excluding carboxylic acids is 1. The lowest BCUT2D eigenvalue weighted by Crippen LogP contribution is -2.30. The molecule has 0 aliphatic rings. The lowest BCUT2D eigenvalue weighted by atomic mass is 10.2. The number of hydrogen-bond acceptors (Lipinski definition) is 5. The maximum absolute atomic E-state index is 12.1. The molecule has 2 aromatic carbocycles. The van der Waals surface area contributed by atoms with Crippen molar-refractivity contribution in [2.75, 3.05) is 12.4 Å². The van der Waals surface area contributed by atoms with Gasteiger partial charge in [-0.25, -0.2) is 0 Å². The summed E-state index contributed by atoms with van der Waals surface area (Å²) in [5, 5.41) is 13.8. The van der Waals surface area contributed by atoms with Crippen molar-refractivity contribution in [2.45, 2.75) is 13.0 Å². The highest BCUT2D eigenvalue weighted by molar-refractivity contribution is 5.94. The zero-order chi connectivity index (χ0) is 16.8. The maximum atomic E-state index is 12.1. The number of nitrogens with one attached hydrogen (secondary N) is 1. The predicted molar refractivity (Wildman–Crippen MR) is 84.8 cm³/mol. The molecule has 0 radical (unpaired) electrons. The van der Waals surface area contributed by atoms with Crippen molar-refractivity contribution in [3.8, 4) is 11.5 Å². The molecule has 120 valence electrons. The molecule has 1 atom stereocenters.